The van der Waals surface area contributed by atoms with Gasteiger partial charge < -0.3 is 9.47 Å². The van der Waals surface area contributed by atoms with Gasteiger partial charge in [0, 0.05) is 0 Å². The highest BCUT2D eigenvalue weighted by Gasteiger charge is 2.22. The Hall–Kier alpha value is -1.79. The van der Waals surface area contributed by atoms with E-state index in [2.05, 4.69) is 14.5 Å². The lowest BCUT2D eigenvalue weighted by Gasteiger charge is -2.08. The van der Waals surface area contributed by atoms with Gasteiger partial charge >= 0.3 is 5.97 Å². The molecule has 1 heterocycles. The van der Waals surface area contributed by atoms with Crippen LogP contribution in [0.25, 0.3) is 0 Å². The Labute approximate surface area is 89.0 Å². The average Bonchev–Trinajstić information content (AvgIpc) is 2.28. The molecule has 0 aromatic carbocycles. The molecule has 0 aliphatic carbocycles. The highest BCUT2D eigenvalue weighted by atomic mass is 19.3. The van der Waals surface area contributed by atoms with Gasteiger partial charge in [0.15, 0.2) is 5.82 Å². The van der Waals surface area contributed by atoms with Crippen LogP contribution in [0.1, 0.15) is 22.5 Å². The fraction of sp³-hybridized carbons (Fsp3) is 0.333. The minimum Gasteiger partial charge on any atom is -0.479 e. The average molecular weight is 235 g/mol. The number of halogens is 3. The van der Waals surface area contributed by atoms with E-state index in [-0.39, 0.29) is 0 Å². The number of pyridine rings is 1. The molecule has 1 aromatic heterocycles. The summed E-state index contributed by atoms with van der Waals surface area (Å²) in [7, 11) is 2.07. The summed E-state index contributed by atoms with van der Waals surface area (Å²) in [5, 5.41) is 0. The van der Waals surface area contributed by atoms with Gasteiger partial charge in [-0.1, -0.05) is 0 Å². The number of ether oxygens (including phenoxy) is 2. The van der Waals surface area contributed by atoms with Crippen molar-refractivity contribution in [1.29, 1.82) is 0 Å². The highest BCUT2D eigenvalue weighted by Crippen LogP contribution is 2.25. The molecule has 4 nitrogen and oxygen atoms in total. The van der Waals surface area contributed by atoms with Gasteiger partial charge in [0.25, 0.3) is 12.3 Å². The van der Waals surface area contributed by atoms with Gasteiger partial charge in [-0.15, -0.1) is 0 Å². The minimum atomic E-state index is -2.93. The van der Waals surface area contributed by atoms with Crippen LogP contribution < -0.4 is 4.74 Å². The molecule has 0 amide bonds. The van der Waals surface area contributed by atoms with Crippen LogP contribution in [0.3, 0.4) is 0 Å². The predicted octanol–water partition coefficient (Wildman–Crippen LogP) is 1.95. The molecule has 0 N–H and O–H groups in total. The van der Waals surface area contributed by atoms with Gasteiger partial charge in [0.05, 0.1) is 14.2 Å². The molecule has 0 aliphatic heterocycles. The van der Waals surface area contributed by atoms with Crippen molar-refractivity contribution >= 4 is 5.97 Å². The Morgan fingerprint density at radius 3 is 2.50 bits per heavy atom. The van der Waals surface area contributed by atoms with E-state index in [0.29, 0.717) is 6.07 Å². The summed E-state index contributed by atoms with van der Waals surface area (Å²) in [4.78, 5) is 14.3. The second kappa shape index (κ2) is 4.82. The van der Waals surface area contributed by atoms with Crippen LogP contribution in [0.4, 0.5) is 13.2 Å². The minimum absolute atomic E-state index is 0.633. The van der Waals surface area contributed by atoms with Gasteiger partial charge in [-0.05, 0) is 6.07 Å². The largest absolute Gasteiger partial charge is 0.479 e. The molecular weight excluding hydrogens is 227 g/mol. The molecule has 0 saturated carbocycles. The van der Waals surface area contributed by atoms with Crippen LogP contribution >= 0.6 is 0 Å². The molecule has 0 spiro atoms. The second-order valence-corrected chi connectivity index (χ2v) is 2.71. The topological polar surface area (TPSA) is 48.4 Å². The first-order valence-corrected chi connectivity index (χ1v) is 4.12. The lowest BCUT2D eigenvalue weighted by molar-refractivity contribution is 0.0593. The SMILES string of the molecule is COC(=O)c1cc(C(F)F)nc(OC)c1F. The van der Waals surface area contributed by atoms with E-state index >= 15 is 0 Å². The first kappa shape index (κ1) is 12.3. The van der Waals surface area contributed by atoms with E-state index in [1.807, 2.05) is 0 Å². The maximum absolute atomic E-state index is 13.4. The summed E-state index contributed by atoms with van der Waals surface area (Å²) in [6.07, 6.45) is -2.93. The Bertz CT molecular complexity index is 409. The zero-order valence-electron chi connectivity index (χ0n) is 8.46. The van der Waals surface area contributed by atoms with Crippen molar-refractivity contribution < 1.29 is 27.4 Å². The molecule has 1 rings (SSSR count). The molecule has 0 radical (unpaired) electrons. The molecule has 7 heteroatoms. The Kier molecular flexibility index (Phi) is 3.70. The summed E-state index contributed by atoms with van der Waals surface area (Å²) in [5.74, 6) is -2.86. The van der Waals surface area contributed by atoms with E-state index in [4.69, 9.17) is 0 Å². The van der Waals surface area contributed by atoms with E-state index in [9.17, 15) is 18.0 Å². The van der Waals surface area contributed by atoms with Crippen LogP contribution in [0.15, 0.2) is 6.07 Å². The highest BCUT2D eigenvalue weighted by molar-refractivity contribution is 5.90. The number of esters is 1. The zero-order valence-corrected chi connectivity index (χ0v) is 8.46. The van der Waals surface area contributed by atoms with Gasteiger partial charge in [0.1, 0.15) is 11.3 Å². The molecule has 1 aromatic rings. The number of carbonyl (C=O) groups is 1. The van der Waals surface area contributed by atoms with Gasteiger partial charge in [-0.2, -0.15) is 0 Å². The van der Waals surface area contributed by atoms with Crippen molar-refractivity contribution in [2.24, 2.45) is 0 Å². The van der Waals surface area contributed by atoms with Crippen molar-refractivity contribution in [3.05, 3.63) is 23.1 Å². The number of hydrogen-bond donors (Lipinski definition) is 0. The summed E-state index contributed by atoms with van der Waals surface area (Å²) in [6, 6.07) is 0.633. The van der Waals surface area contributed by atoms with Crippen molar-refractivity contribution in [2.75, 3.05) is 14.2 Å². The second-order valence-electron chi connectivity index (χ2n) is 2.71. The van der Waals surface area contributed by atoms with Crippen LogP contribution in [-0.4, -0.2) is 25.2 Å². The third-order valence-corrected chi connectivity index (χ3v) is 1.77. The summed E-state index contributed by atoms with van der Waals surface area (Å²) >= 11 is 0. The number of carbonyl (C=O) groups excluding carboxylic acids is 1. The monoisotopic (exact) mass is 235 g/mol. The number of methoxy groups -OCH3 is 2. The first-order valence-electron chi connectivity index (χ1n) is 4.12. The third-order valence-electron chi connectivity index (χ3n) is 1.77. The number of alkyl halides is 2. The van der Waals surface area contributed by atoms with Gasteiger partial charge in [-0.25, -0.2) is 22.9 Å². The van der Waals surface area contributed by atoms with Crippen LogP contribution in [0.5, 0.6) is 5.88 Å². The summed E-state index contributed by atoms with van der Waals surface area (Å²) in [5.41, 5.74) is -1.39. The summed E-state index contributed by atoms with van der Waals surface area (Å²) in [6.45, 7) is 0. The molecular formula is C9H8F3NO3. The Morgan fingerprint density at radius 1 is 1.44 bits per heavy atom. The number of nitrogens with zero attached hydrogens (tertiary/aromatic N) is 1. The molecule has 0 atom stereocenters. The normalized spacial score (nSPS) is 10.4. The molecule has 0 saturated heterocycles. The maximum Gasteiger partial charge on any atom is 0.341 e. The smallest absolute Gasteiger partial charge is 0.341 e. The Balaban J connectivity index is 3.35. The number of rotatable bonds is 3. The van der Waals surface area contributed by atoms with E-state index in [0.717, 1.165) is 14.2 Å². The van der Waals surface area contributed by atoms with Gasteiger partial charge in [-0.3, -0.25) is 0 Å². The third kappa shape index (κ3) is 2.23. The van der Waals surface area contributed by atoms with Crippen molar-refractivity contribution in [2.45, 2.75) is 6.43 Å². The fourth-order valence-corrected chi connectivity index (χ4v) is 1.03. The number of hydrogen-bond acceptors (Lipinski definition) is 4. The van der Waals surface area contributed by atoms with E-state index < -0.39 is 35.3 Å². The van der Waals surface area contributed by atoms with Crippen LogP contribution in [0, 0.1) is 5.82 Å². The quantitative estimate of drug-likeness (QED) is 0.751. The van der Waals surface area contributed by atoms with Crippen molar-refractivity contribution in [3.63, 3.8) is 0 Å². The molecule has 16 heavy (non-hydrogen) atoms. The molecule has 0 aliphatic rings. The van der Waals surface area contributed by atoms with E-state index in [1.165, 1.54) is 0 Å². The number of aromatic nitrogens is 1. The standard InChI is InChI=1S/C9H8F3NO3/c1-15-8-6(10)4(9(14)16-2)3-5(13-8)7(11)12/h3,7H,1-2H3. The molecule has 88 valence electrons. The maximum atomic E-state index is 13.4. The van der Waals surface area contributed by atoms with Crippen LogP contribution in [0.2, 0.25) is 0 Å². The predicted molar refractivity (Wildman–Crippen MR) is 47.0 cm³/mol. The van der Waals surface area contributed by atoms with Crippen LogP contribution in [-0.2, 0) is 4.74 Å². The first-order chi connectivity index (χ1) is 7.51. The van der Waals surface area contributed by atoms with Crippen molar-refractivity contribution in [3.8, 4) is 5.88 Å². The van der Waals surface area contributed by atoms with E-state index in [1.54, 1.807) is 0 Å². The lowest BCUT2D eigenvalue weighted by Crippen LogP contribution is -2.09. The molecule has 0 unspecified atom stereocenters. The molecule has 0 fully saturated rings. The zero-order chi connectivity index (χ0) is 12.3. The Morgan fingerprint density at radius 2 is 2.06 bits per heavy atom. The summed E-state index contributed by atoms with van der Waals surface area (Å²) < 4.78 is 46.8. The van der Waals surface area contributed by atoms with Crippen molar-refractivity contribution in [1.82, 2.24) is 4.98 Å². The van der Waals surface area contributed by atoms with Gasteiger partial charge in [0.2, 0.25) is 0 Å². The molecule has 0 bridgehead atoms. The lowest BCUT2D eigenvalue weighted by atomic mass is 10.2. The fourth-order valence-electron chi connectivity index (χ4n) is 1.03.